The number of hydrogen-bond acceptors (Lipinski definition) is 1. The van der Waals surface area contributed by atoms with Crippen molar-refractivity contribution in [1.29, 1.82) is 0 Å². The highest BCUT2D eigenvalue weighted by Gasteiger charge is 2.11. The second kappa shape index (κ2) is 6.28. The average Bonchev–Trinajstić information content (AvgIpc) is 2.04. The summed E-state index contributed by atoms with van der Waals surface area (Å²) in [4.78, 5) is 0. The SMILES string of the molecule is CCC[C@@H](N)c1c(C)cccc1Cl.Cl. The molecule has 1 aromatic carbocycles. The number of hydrogen-bond donors (Lipinski definition) is 1. The summed E-state index contributed by atoms with van der Waals surface area (Å²) in [5, 5.41) is 0.793. The van der Waals surface area contributed by atoms with E-state index in [0.29, 0.717) is 0 Å². The predicted octanol–water partition coefficient (Wildman–Crippen LogP) is 3.87. The molecule has 0 saturated heterocycles. The number of benzene rings is 1. The minimum Gasteiger partial charge on any atom is -0.324 e. The highest BCUT2D eigenvalue weighted by Crippen LogP contribution is 2.27. The van der Waals surface area contributed by atoms with Gasteiger partial charge in [0.25, 0.3) is 0 Å². The lowest BCUT2D eigenvalue weighted by Gasteiger charge is -2.15. The van der Waals surface area contributed by atoms with E-state index in [9.17, 15) is 0 Å². The third-order valence-corrected chi connectivity index (χ3v) is 2.57. The maximum absolute atomic E-state index is 6.08. The Hall–Kier alpha value is -0.240. The van der Waals surface area contributed by atoms with Crippen LogP contribution in [0.2, 0.25) is 5.02 Å². The highest BCUT2D eigenvalue weighted by molar-refractivity contribution is 6.31. The Morgan fingerprint density at radius 2 is 2.07 bits per heavy atom. The molecular formula is C11H17Cl2N. The predicted molar refractivity (Wildman–Crippen MR) is 65.3 cm³/mol. The van der Waals surface area contributed by atoms with E-state index in [2.05, 4.69) is 19.9 Å². The lowest BCUT2D eigenvalue weighted by molar-refractivity contribution is 0.635. The summed E-state index contributed by atoms with van der Waals surface area (Å²) in [7, 11) is 0. The van der Waals surface area contributed by atoms with Crippen molar-refractivity contribution < 1.29 is 0 Å². The topological polar surface area (TPSA) is 26.0 Å². The van der Waals surface area contributed by atoms with Crippen LogP contribution in [0.3, 0.4) is 0 Å². The summed E-state index contributed by atoms with van der Waals surface area (Å²) in [5.74, 6) is 0. The first kappa shape index (κ1) is 13.8. The van der Waals surface area contributed by atoms with Crippen LogP contribution in [0.25, 0.3) is 0 Å². The zero-order valence-corrected chi connectivity index (χ0v) is 10.2. The normalized spacial score (nSPS) is 12.0. The van der Waals surface area contributed by atoms with E-state index in [1.807, 2.05) is 12.1 Å². The van der Waals surface area contributed by atoms with Crippen LogP contribution in [0.4, 0.5) is 0 Å². The largest absolute Gasteiger partial charge is 0.324 e. The second-order valence-electron chi connectivity index (χ2n) is 3.37. The van der Waals surface area contributed by atoms with E-state index >= 15 is 0 Å². The van der Waals surface area contributed by atoms with E-state index in [4.69, 9.17) is 17.3 Å². The molecule has 0 aliphatic rings. The van der Waals surface area contributed by atoms with Crippen LogP contribution in [0.1, 0.15) is 36.9 Å². The molecule has 14 heavy (non-hydrogen) atoms. The number of nitrogens with two attached hydrogens (primary N) is 1. The number of halogens is 2. The minimum atomic E-state index is 0. The summed E-state index contributed by atoms with van der Waals surface area (Å²) < 4.78 is 0. The molecule has 0 amide bonds. The van der Waals surface area contributed by atoms with Gasteiger partial charge in [0, 0.05) is 11.1 Å². The molecule has 1 aromatic rings. The molecule has 0 saturated carbocycles. The zero-order valence-electron chi connectivity index (χ0n) is 8.59. The third-order valence-electron chi connectivity index (χ3n) is 2.24. The van der Waals surface area contributed by atoms with Crippen molar-refractivity contribution in [3.8, 4) is 0 Å². The van der Waals surface area contributed by atoms with Gasteiger partial charge in [-0.05, 0) is 30.5 Å². The molecule has 1 atom stereocenters. The van der Waals surface area contributed by atoms with E-state index in [-0.39, 0.29) is 18.4 Å². The Labute approximate surface area is 97.1 Å². The van der Waals surface area contributed by atoms with Crippen LogP contribution in [0, 0.1) is 6.92 Å². The van der Waals surface area contributed by atoms with Gasteiger partial charge in [-0.25, -0.2) is 0 Å². The van der Waals surface area contributed by atoms with Crippen LogP contribution in [0.5, 0.6) is 0 Å². The number of rotatable bonds is 3. The van der Waals surface area contributed by atoms with E-state index < -0.39 is 0 Å². The molecule has 0 aliphatic carbocycles. The first-order valence-corrected chi connectivity index (χ1v) is 5.05. The van der Waals surface area contributed by atoms with Gasteiger partial charge in [0.2, 0.25) is 0 Å². The molecular weight excluding hydrogens is 217 g/mol. The van der Waals surface area contributed by atoms with Gasteiger partial charge in [0.05, 0.1) is 0 Å². The highest BCUT2D eigenvalue weighted by atomic mass is 35.5. The van der Waals surface area contributed by atoms with Crippen LogP contribution in [-0.2, 0) is 0 Å². The summed E-state index contributed by atoms with van der Waals surface area (Å²) in [6.07, 6.45) is 2.08. The zero-order chi connectivity index (χ0) is 9.84. The summed E-state index contributed by atoms with van der Waals surface area (Å²) in [5.41, 5.74) is 8.31. The van der Waals surface area contributed by atoms with Crippen molar-refractivity contribution in [3.63, 3.8) is 0 Å². The van der Waals surface area contributed by atoms with Crippen molar-refractivity contribution in [3.05, 3.63) is 34.3 Å². The summed E-state index contributed by atoms with van der Waals surface area (Å²) in [6, 6.07) is 5.99. The summed E-state index contributed by atoms with van der Waals surface area (Å²) >= 11 is 6.08. The molecule has 2 N–H and O–H groups in total. The Morgan fingerprint density at radius 3 is 2.57 bits per heavy atom. The lowest BCUT2D eigenvalue weighted by Crippen LogP contribution is -2.11. The summed E-state index contributed by atoms with van der Waals surface area (Å²) in [6.45, 7) is 4.18. The molecule has 0 heterocycles. The van der Waals surface area contributed by atoms with Gasteiger partial charge in [0.15, 0.2) is 0 Å². The molecule has 0 spiro atoms. The van der Waals surface area contributed by atoms with Gasteiger partial charge in [0.1, 0.15) is 0 Å². The molecule has 0 unspecified atom stereocenters. The monoisotopic (exact) mass is 233 g/mol. The van der Waals surface area contributed by atoms with Crippen molar-refractivity contribution in [2.75, 3.05) is 0 Å². The quantitative estimate of drug-likeness (QED) is 0.844. The Kier molecular flexibility index (Phi) is 6.17. The lowest BCUT2D eigenvalue weighted by atomic mass is 9.98. The molecule has 1 rings (SSSR count). The standard InChI is InChI=1S/C11H16ClN.ClH/c1-3-5-10(13)11-8(2)6-4-7-9(11)12;/h4,6-7,10H,3,5,13H2,1-2H3;1H/t10-;/m1./s1. The third kappa shape index (κ3) is 3.16. The average molecular weight is 234 g/mol. The van der Waals surface area contributed by atoms with E-state index in [0.717, 1.165) is 23.4 Å². The smallest absolute Gasteiger partial charge is 0.0456 e. The van der Waals surface area contributed by atoms with Crippen LogP contribution in [0.15, 0.2) is 18.2 Å². The van der Waals surface area contributed by atoms with Crippen molar-refractivity contribution in [1.82, 2.24) is 0 Å². The molecule has 3 heteroatoms. The fourth-order valence-corrected chi connectivity index (χ4v) is 1.93. The molecule has 1 nitrogen and oxygen atoms in total. The second-order valence-corrected chi connectivity index (χ2v) is 3.77. The van der Waals surface area contributed by atoms with Gasteiger partial charge in [-0.1, -0.05) is 37.1 Å². The fourth-order valence-electron chi connectivity index (χ4n) is 1.57. The van der Waals surface area contributed by atoms with Crippen LogP contribution < -0.4 is 5.73 Å². The molecule has 80 valence electrons. The van der Waals surface area contributed by atoms with Gasteiger partial charge < -0.3 is 5.73 Å². The van der Waals surface area contributed by atoms with Crippen molar-refractivity contribution in [2.45, 2.75) is 32.7 Å². The molecule has 0 aliphatic heterocycles. The van der Waals surface area contributed by atoms with E-state index in [1.54, 1.807) is 0 Å². The molecule has 0 bridgehead atoms. The Balaban J connectivity index is 0.00000169. The van der Waals surface area contributed by atoms with E-state index in [1.165, 1.54) is 5.56 Å². The number of aryl methyl sites for hydroxylation is 1. The van der Waals surface area contributed by atoms with Crippen molar-refractivity contribution >= 4 is 24.0 Å². The van der Waals surface area contributed by atoms with Crippen molar-refractivity contribution in [2.24, 2.45) is 5.73 Å². The van der Waals surface area contributed by atoms with Gasteiger partial charge in [-0.15, -0.1) is 12.4 Å². The molecule has 0 fully saturated rings. The molecule has 0 aromatic heterocycles. The maximum atomic E-state index is 6.08. The first-order chi connectivity index (χ1) is 6.16. The maximum Gasteiger partial charge on any atom is 0.0456 e. The Morgan fingerprint density at radius 1 is 1.43 bits per heavy atom. The van der Waals surface area contributed by atoms with Crippen LogP contribution in [-0.4, -0.2) is 0 Å². The van der Waals surface area contributed by atoms with Gasteiger partial charge >= 0.3 is 0 Å². The fraction of sp³-hybridized carbons (Fsp3) is 0.455. The Bertz CT molecular complexity index is 266. The van der Waals surface area contributed by atoms with Gasteiger partial charge in [-0.2, -0.15) is 0 Å². The molecule has 0 radical (unpaired) electrons. The van der Waals surface area contributed by atoms with Crippen LogP contribution >= 0.6 is 24.0 Å². The minimum absolute atomic E-state index is 0. The van der Waals surface area contributed by atoms with Gasteiger partial charge in [-0.3, -0.25) is 0 Å². The first-order valence-electron chi connectivity index (χ1n) is 4.67.